The van der Waals surface area contributed by atoms with Crippen LogP contribution in [-0.2, 0) is 10.7 Å². The predicted octanol–water partition coefficient (Wildman–Crippen LogP) is 3.32. The zero-order chi connectivity index (χ0) is 12.8. The Morgan fingerprint density at radius 2 is 2.00 bits per heavy atom. The number of benzene rings is 1. The summed E-state index contributed by atoms with van der Waals surface area (Å²) >= 11 is 11.5. The first-order valence-electron chi connectivity index (χ1n) is 4.40. The van der Waals surface area contributed by atoms with Gasteiger partial charge in [0.1, 0.15) is 5.58 Å². The van der Waals surface area contributed by atoms with Gasteiger partial charge in [0.25, 0.3) is 5.91 Å². The number of rotatable bonds is 2. The maximum absolute atomic E-state index is 13.3. The molecular weight excluding hydrogens is 275 g/mol. The molecule has 17 heavy (non-hydrogen) atoms. The second-order valence-electron chi connectivity index (χ2n) is 3.32. The van der Waals surface area contributed by atoms with E-state index in [1.165, 1.54) is 12.1 Å². The molecule has 90 valence electrons. The fourth-order valence-corrected chi connectivity index (χ4v) is 1.70. The molecule has 0 atom stereocenters. The van der Waals surface area contributed by atoms with Gasteiger partial charge in [-0.1, -0.05) is 23.2 Å². The molecule has 7 heteroatoms. The van der Waals surface area contributed by atoms with E-state index in [1.807, 2.05) is 0 Å². The first-order chi connectivity index (χ1) is 7.84. The summed E-state index contributed by atoms with van der Waals surface area (Å²) in [6.45, 7) is 0. The molecule has 0 unspecified atom stereocenters. The summed E-state index contributed by atoms with van der Waals surface area (Å²) in [7, 11) is 0. The Kier molecular flexibility index (Phi) is 2.75. The van der Waals surface area contributed by atoms with E-state index in [0.717, 1.165) is 6.07 Å². The minimum absolute atomic E-state index is 0.0828. The lowest BCUT2D eigenvalue weighted by Crippen LogP contribution is -2.32. The van der Waals surface area contributed by atoms with Crippen molar-refractivity contribution in [2.75, 3.05) is 0 Å². The summed E-state index contributed by atoms with van der Waals surface area (Å²) < 4.78 is 31.4. The van der Waals surface area contributed by atoms with Crippen LogP contribution < -0.4 is 5.73 Å². The second kappa shape index (κ2) is 3.85. The van der Waals surface area contributed by atoms with Gasteiger partial charge in [-0.2, -0.15) is 8.78 Å². The molecule has 0 aliphatic heterocycles. The van der Waals surface area contributed by atoms with Crippen molar-refractivity contribution in [3.8, 4) is 0 Å². The van der Waals surface area contributed by atoms with Gasteiger partial charge in [-0.25, -0.2) is 0 Å². The third kappa shape index (κ3) is 1.85. The van der Waals surface area contributed by atoms with Crippen LogP contribution in [0.3, 0.4) is 0 Å². The monoisotopic (exact) mass is 279 g/mol. The van der Waals surface area contributed by atoms with E-state index >= 15 is 0 Å². The third-order valence-electron chi connectivity index (χ3n) is 2.21. The van der Waals surface area contributed by atoms with Crippen LogP contribution in [0, 0.1) is 0 Å². The van der Waals surface area contributed by atoms with Gasteiger partial charge in [-0.15, -0.1) is 0 Å². The molecule has 0 fully saturated rings. The molecule has 0 aliphatic rings. The normalized spacial score (nSPS) is 12.0. The van der Waals surface area contributed by atoms with Crippen molar-refractivity contribution in [3.05, 3.63) is 34.0 Å². The zero-order valence-electron chi connectivity index (χ0n) is 8.14. The fraction of sp³-hybridized carbons (Fsp3) is 0.100. The summed E-state index contributed by atoms with van der Waals surface area (Å²) in [5.74, 6) is -6.53. The van der Waals surface area contributed by atoms with Crippen LogP contribution in [0.2, 0.25) is 10.0 Å². The highest BCUT2D eigenvalue weighted by molar-refractivity contribution is 6.45. The van der Waals surface area contributed by atoms with Crippen molar-refractivity contribution in [3.63, 3.8) is 0 Å². The highest BCUT2D eigenvalue weighted by Crippen LogP contribution is 2.37. The number of amides is 1. The van der Waals surface area contributed by atoms with Crippen LogP contribution in [0.5, 0.6) is 0 Å². The Morgan fingerprint density at radius 3 is 2.59 bits per heavy atom. The van der Waals surface area contributed by atoms with Crippen LogP contribution >= 0.6 is 23.2 Å². The molecule has 0 aliphatic carbocycles. The lowest BCUT2D eigenvalue weighted by atomic mass is 10.2. The van der Waals surface area contributed by atoms with Crippen LogP contribution in [-0.4, -0.2) is 5.91 Å². The lowest BCUT2D eigenvalue weighted by Gasteiger charge is -2.07. The maximum atomic E-state index is 13.3. The number of hydrogen-bond acceptors (Lipinski definition) is 2. The number of primary amides is 1. The van der Waals surface area contributed by atoms with Gasteiger partial charge in [-0.05, 0) is 18.2 Å². The smallest absolute Gasteiger partial charge is 0.380 e. The topological polar surface area (TPSA) is 56.2 Å². The van der Waals surface area contributed by atoms with Crippen molar-refractivity contribution in [1.82, 2.24) is 0 Å². The summed E-state index contributed by atoms with van der Waals surface area (Å²) in [6, 6.07) is 3.74. The minimum atomic E-state index is -3.88. The SMILES string of the molecule is NC(=O)C(F)(F)c1cc2c(Cl)c(Cl)ccc2o1. The molecule has 0 spiro atoms. The number of fused-ring (bicyclic) bond motifs is 1. The largest absolute Gasteiger partial charge is 0.454 e. The Balaban J connectivity index is 2.68. The summed E-state index contributed by atoms with van der Waals surface area (Å²) in [5, 5.41) is 0.489. The number of alkyl halides is 2. The van der Waals surface area contributed by atoms with E-state index in [1.54, 1.807) is 0 Å². The number of carbonyl (C=O) groups excluding carboxylic acids is 1. The average molecular weight is 280 g/mol. The molecule has 2 N–H and O–H groups in total. The molecule has 2 aromatic rings. The number of halogens is 4. The van der Waals surface area contributed by atoms with E-state index in [-0.39, 0.29) is 21.0 Å². The van der Waals surface area contributed by atoms with Crippen molar-refractivity contribution in [1.29, 1.82) is 0 Å². The van der Waals surface area contributed by atoms with Gasteiger partial charge in [0, 0.05) is 5.39 Å². The van der Waals surface area contributed by atoms with E-state index < -0.39 is 17.6 Å². The highest BCUT2D eigenvalue weighted by Gasteiger charge is 2.42. The van der Waals surface area contributed by atoms with Gasteiger partial charge in [0.15, 0.2) is 5.76 Å². The van der Waals surface area contributed by atoms with Crippen molar-refractivity contribution in [2.45, 2.75) is 5.92 Å². The highest BCUT2D eigenvalue weighted by atomic mass is 35.5. The first kappa shape index (κ1) is 12.1. The van der Waals surface area contributed by atoms with Gasteiger partial charge < -0.3 is 10.2 Å². The van der Waals surface area contributed by atoms with Gasteiger partial charge in [0.05, 0.1) is 10.0 Å². The Labute approximate surface area is 104 Å². The lowest BCUT2D eigenvalue weighted by molar-refractivity contribution is -0.145. The Bertz CT molecular complexity index is 610. The van der Waals surface area contributed by atoms with E-state index in [9.17, 15) is 13.6 Å². The molecule has 0 bridgehead atoms. The fourth-order valence-electron chi connectivity index (χ4n) is 1.33. The van der Waals surface area contributed by atoms with Crippen LogP contribution in [0.1, 0.15) is 5.76 Å². The van der Waals surface area contributed by atoms with Crippen molar-refractivity contribution in [2.24, 2.45) is 5.73 Å². The molecule has 1 aromatic heterocycles. The molecule has 1 heterocycles. The first-order valence-corrected chi connectivity index (χ1v) is 5.15. The second-order valence-corrected chi connectivity index (χ2v) is 4.11. The average Bonchev–Trinajstić information content (AvgIpc) is 2.68. The number of furan rings is 1. The third-order valence-corrected chi connectivity index (χ3v) is 3.03. The summed E-state index contributed by atoms with van der Waals surface area (Å²) in [6.07, 6.45) is 0. The Morgan fingerprint density at radius 1 is 1.35 bits per heavy atom. The summed E-state index contributed by atoms with van der Waals surface area (Å²) in [4.78, 5) is 10.6. The molecule has 3 nitrogen and oxygen atoms in total. The van der Waals surface area contributed by atoms with E-state index in [4.69, 9.17) is 27.6 Å². The quantitative estimate of drug-likeness (QED) is 0.917. The van der Waals surface area contributed by atoms with Gasteiger partial charge in [0.2, 0.25) is 0 Å². The predicted molar refractivity (Wildman–Crippen MR) is 59.3 cm³/mol. The number of carbonyl (C=O) groups is 1. The van der Waals surface area contributed by atoms with Crippen LogP contribution in [0.15, 0.2) is 22.6 Å². The van der Waals surface area contributed by atoms with Crippen LogP contribution in [0.25, 0.3) is 11.0 Å². The minimum Gasteiger partial charge on any atom is -0.454 e. The molecule has 0 saturated carbocycles. The number of nitrogens with two attached hydrogens (primary N) is 1. The van der Waals surface area contributed by atoms with Crippen LogP contribution in [0.4, 0.5) is 8.78 Å². The van der Waals surface area contributed by atoms with Gasteiger partial charge >= 0.3 is 5.92 Å². The Hall–Kier alpha value is -1.33. The van der Waals surface area contributed by atoms with Crippen molar-refractivity contribution < 1.29 is 18.0 Å². The van der Waals surface area contributed by atoms with E-state index in [2.05, 4.69) is 5.73 Å². The molecule has 0 saturated heterocycles. The maximum Gasteiger partial charge on any atom is 0.380 e. The number of hydrogen-bond donors (Lipinski definition) is 1. The zero-order valence-corrected chi connectivity index (χ0v) is 9.65. The standard InChI is InChI=1S/C10H5Cl2F2NO2/c11-5-1-2-6-4(8(5)12)3-7(17-6)10(13,14)9(15)16/h1-3H,(H2,15,16). The molecule has 1 amide bonds. The molecular formula is C10H5Cl2F2NO2. The molecule has 0 radical (unpaired) electrons. The molecule has 1 aromatic carbocycles. The van der Waals surface area contributed by atoms with E-state index in [0.29, 0.717) is 0 Å². The molecule has 2 rings (SSSR count). The van der Waals surface area contributed by atoms with Crippen molar-refractivity contribution >= 4 is 40.1 Å². The summed E-state index contributed by atoms with van der Waals surface area (Å²) in [5.41, 5.74) is 4.69. The van der Waals surface area contributed by atoms with Gasteiger partial charge in [-0.3, -0.25) is 4.79 Å².